The zero-order chi connectivity index (χ0) is 15.7. The van der Waals surface area contributed by atoms with Crippen molar-refractivity contribution in [2.24, 2.45) is 11.8 Å². The highest BCUT2D eigenvalue weighted by molar-refractivity contribution is 5.83. The maximum atomic E-state index is 9.49. The topological polar surface area (TPSA) is 80.3 Å². The van der Waals surface area contributed by atoms with E-state index < -0.39 is 11.9 Å². The summed E-state index contributed by atoms with van der Waals surface area (Å²) in [6.07, 6.45) is 9.30. The molecule has 0 radical (unpaired) electrons. The molecule has 0 N–H and O–H groups in total. The van der Waals surface area contributed by atoms with Crippen LogP contribution in [0.3, 0.4) is 0 Å². The minimum atomic E-state index is -1.19. The van der Waals surface area contributed by atoms with E-state index >= 15 is 0 Å². The Hall–Kier alpha value is -1.58. The van der Waals surface area contributed by atoms with Crippen LogP contribution in [0.4, 0.5) is 0 Å². The van der Waals surface area contributed by atoms with E-state index in [9.17, 15) is 19.8 Å². The highest BCUT2D eigenvalue weighted by Crippen LogP contribution is 2.43. The maximum Gasteiger partial charge on any atom is 0.0666 e. The molecule has 2 fully saturated rings. The highest BCUT2D eigenvalue weighted by atomic mass is 16.4. The lowest BCUT2D eigenvalue weighted by atomic mass is 9.67. The van der Waals surface area contributed by atoms with Gasteiger partial charge >= 0.3 is 0 Å². The summed E-state index contributed by atoms with van der Waals surface area (Å²) in [5.74, 6) is -0.00231. The van der Waals surface area contributed by atoms with Gasteiger partial charge in [0, 0.05) is 0 Å². The van der Waals surface area contributed by atoms with Crippen molar-refractivity contribution in [1.29, 1.82) is 0 Å². The monoisotopic (exact) mass is 280 g/mol. The molecule has 0 amide bonds. The molecule has 2 rings (SSSR count). The lowest BCUT2D eigenvalue weighted by Gasteiger charge is -2.39. The molecule has 114 valence electrons. The molecule has 0 heterocycles. The van der Waals surface area contributed by atoms with Crippen LogP contribution in [0.5, 0.6) is 0 Å². The third-order valence-corrected chi connectivity index (χ3v) is 3.66. The van der Waals surface area contributed by atoms with E-state index in [0.717, 1.165) is 0 Å². The van der Waals surface area contributed by atoms with Gasteiger partial charge in [0.25, 0.3) is 0 Å². The summed E-state index contributed by atoms with van der Waals surface area (Å²) in [4.78, 5) is 19.0. The van der Waals surface area contributed by atoms with Crippen molar-refractivity contribution in [3.05, 3.63) is 24.3 Å². The van der Waals surface area contributed by atoms with Crippen LogP contribution in [0, 0.1) is 11.8 Å². The number of hydrogen-bond donors (Lipinski definition) is 0. The third kappa shape index (κ3) is 7.77. The number of aliphatic carboxylic acids is 2. The van der Waals surface area contributed by atoms with Crippen molar-refractivity contribution in [3.8, 4) is 0 Å². The number of carboxylic acids is 2. The lowest BCUT2D eigenvalue weighted by Crippen LogP contribution is -2.26. The van der Waals surface area contributed by atoms with Crippen LogP contribution < -0.4 is 10.2 Å². The van der Waals surface area contributed by atoms with Crippen molar-refractivity contribution in [1.82, 2.24) is 0 Å². The van der Waals surface area contributed by atoms with Crippen molar-refractivity contribution in [2.75, 3.05) is 0 Å². The van der Waals surface area contributed by atoms with E-state index in [2.05, 4.69) is 13.2 Å². The fourth-order valence-corrected chi connectivity index (χ4v) is 1.82. The Bertz CT molecular complexity index is 303. The standard InChI is InChI=1S/C8H14.2C4H6O2/c1-3-7(4-1)8-5-2-6-8;2*1-3(2)4(5)6/h7-8H,1-6H2;2*1H2,2H3,(H,5,6)/p-2. The number of carboxylic acid groups (broad SMARTS) is 2. The van der Waals surface area contributed by atoms with Gasteiger partial charge in [-0.05, 0) is 36.8 Å². The van der Waals surface area contributed by atoms with E-state index in [4.69, 9.17) is 0 Å². The average molecular weight is 280 g/mol. The van der Waals surface area contributed by atoms with Crippen LogP contribution in [-0.2, 0) is 9.59 Å². The van der Waals surface area contributed by atoms with Gasteiger partial charge < -0.3 is 19.8 Å². The summed E-state index contributed by atoms with van der Waals surface area (Å²) in [5.41, 5.74) is 0.130. The summed E-state index contributed by atoms with van der Waals surface area (Å²) in [6.45, 7) is 8.95. The lowest BCUT2D eigenvalue weighted by molar-refractivity contribution is -0.300. The quantitative estimate of drug-likeness (QED) is 0.728. The van der Waals surface area contributed by atoms with E-state index in [-0.39, 0.29) is 11.1 Å². The second-order valence-electron chi connectivity index (χ2n) is 5.52. The fraction of sp³-hybridized carbons (Fsp3) is 0.625. The Balaban J connectivity index is 0.000000278. The molecule has 2 aliphatic carbocycles. The molecule has 0 aromatic rings. The molecule has 2 aliphatic rings. The summed E-state index contributed by atoms with van der Waals surface area (Å²) in [5, 5.41) is 19.0. The fourth-order valence-electron chi connectivity index (χ4n) is 1.82. The number of carbonyl (C=O) groups is 2. The minimum absolute atomic E-state index is 0.0648. The van der Waals surface area contributed by atoms with Crippen molar-refractivity contribution >= 4 is 11.9 Å². The maximum absolute atomic E-state index is 9.49. The van der Waals surface area contributed by atoms with E-state index in [1.54, 1.807) is 25.7 Å². The Morgan fingerprint density at radius 3 is 1.05 bits per heavy atom. The molecule has 0 bridgehead atoms. The molecule has 0 atom stereocenters. The van der Waals surface area contributed by atoms with Gasteiger partial charge in [0.05, 0.1) is 11.9 Å². The zero-order valence-electron chi connectivity index (χ0n) is 12.4. The molecule has 2 saturated carbocycles. The van der Waals surface area contributed by atoms with Crippen LogP contribution in [0.25, 0.3) is 0 Å². The van der Waals surface area contributed by atoms with Gasteiger partial charge in [0.2, 0.25) is 0 Å². The van der Waals surface area contributed by atoms with Gasteiger partial charge in [-0.25, -0.2) is 0 Å². The average Bonchev–Trinajstić information content (AvgIpc) is 2.22. The highest BCUT2D eigenvalue weighted by Gasteiger charge is 2.30. The van der Waals surface area contributed by atoms with E-state index in [0.29, 0.717) is 0 Å². The SMILES string of the molecule is C1CC(C2CCC2)C1.C=C(C)C(=O)[O-].C=C(C)C(=O)[O-]. The number of rotatable bonds is 3. The summed E-state index contributed by atoms with van der Waals surface area (Å²) >= 11 is 0. The first-order valence-electron chi connectivity index (χ1n) is 6.99. The summed E-state index contributed by atoms with van der Waals surface area (Å²) in [6, 6.07) is 0. The first kappa shape index (κ1) is 18.4. The first-order chi connectivity index (χ1) is 9.25. The van der Waals surface area contributed by atoms with Gasteiger partial charge in [-0.2, -0.15) is 0 Å². The van der Waals surface area contributed by atoms with Gasteiger partial charge in [0.1, 0.15) is 0 Å². The molecule has 0 saturated heterocycles. The molecule has 4 heteroatoms. The second kappa shape index (κ2) is 9.34. The third-order valence-electron chi connectivity index (χ3n) is 3.66. The van der Waals surface area contributed by atoms with Crippen LogP contribution in [0.1, 0.15) is 52.4 Å². The molecule has 0 spiro atoms. The minimum Gasteiger partial charge on any atom is -0.545 e. The van der Waals surface area contributed by atoms with E-state index in [1.165, 1.54) is 38.5 Å². The molecule has 0 unspecified atom stereocenters. The van der Waals surface area contributed by atoms with Gasteiger partial charge in [-0.1, -0.05) is 51.7 Å². The Kier molecular flexibility index (Phi) is 8.61. The summed E-state index contributed by atoms with van der Waals surface area (Å²) in [7, 11) is 0. The summed E-state index contributed by atoms with van der Waals surface area (Å²) < 4.78 is 0. The van der Waals surface area contributed by atoms with Crippen LogP contribution in [-0.4, -0.2) is 11.9 Å². The Labute approximate surface area is 121 Å². The largest absolute Gasteiger partial charge is 0.545 e. The van der Waals surface area contributed by atoms with Crippen LogP contribution in [0.2, 0.25) is 0 Å². The van der Waals surface area contributed by atoms with Gasteiger partial charge in [0.15, 0.2) is 0 Å². The number of hydrogen-bond acceptors (Lipinski definition) is 4. The first-order valence-corrected chi connectivity index (χ1v) is 6.99. The molecular weight excluding hydrogens is 256 g/mol. The Morgan fingerprint density at radius 2 is 1.00 bits per heavy atom. The smallest absolute Gasteiger partial charge is 0.0666 e. The van der Waals surface area contributed by atoms with Crippen molar-refractivity contribution in [3.63, 3.8) is 0 Å². The normalized spacial score (nSPS) is 17.1. The molecular formula is C16H24O4-2. The van der Waals surface area contributed by atoms with E-state index in [1.807, 2.05) is 0 Å². The van der Waals surface area contributed by atoms with Crippen LogP contribution in [0.15, 0.2) is 24.3 Å². The molecule has 0 aromatic heterocycles. The zero-order valence-corrected chi connectivity index (χ0v) is 12.4. The van der Waals surface area contributed by atoms with Crippen LogP contribution >= 0.6 is 0 Å². The molecule has 0 aromatic carbocycles. The second-order valence-corrected chi connectivity index (χ2v) is 5.52. The Morgan fingerprint density at radius 1 is 0.800 bits per heavy atom. The van der Waals surface area contributed by atoms with Gasteiger partial charge in [-0.15, -0.1) is 0 Å². The van der Waals surface area contributed by atoms with Gasteiger partial charge in [-0.3, -0.25) is 0 Å². The molecule has 20 heavy (non-hydrogen) atoms. The van der Waals surface area contributed by atoms with Crippen molar-refractivity contribution < 1.29 is 19.8 Å². The molecule has 0 aliphatic heterocycles. The predicted octanol–water partition coefficient (Wildman–Crippen LogP) is 1.21. The predicted molar refractivity (Wildman–Crippen MR) is 74.3 cm³/mol. The van der Waals surface area contributed by atoms with Crippen molar-refractivity contribution in [2.45, 2.75) is 52.4 Å². The number of carbonyl (C=O) groups excluding carboxylic acids is 2. The molecule has 4 nitrogen and oxygen atoms in total.